The summed E-state index contributed by atoms with van der Waals surface area (Å²) in [6, 6.07) is 18.7. The molecule has 0 saturated carbocycles. The van der Waals surface area contributed by atoms with Gasteiger partial charge in [0.2, 0.25) is 11.7 Å². The van der Waals surface area contributed by atoms with Crippen molar-refractivity contribution in [1.82, 2.24) is 15.1 Å². The van der Waals surface area contributed by atoms with Gasteiger partial charge < -0.3 is 14.6 Å². The summed E-state index contributed by atoms with van der Waals surface area (Å²) < 4.78 is 10.6. The van der Waals surface area contributed by atoms with Gasteiger partial charge in [-0.1, -0.05) is 46.7 Å². The van der Waals surface area contributed by atoms with Crippen LogP contribution in [0.25, 0.3) is 22.8 Å². The van der Waals surface area contributed by atoms with Crippen molar-refractivity contribution in [3.05, 3.63) is 72.4 Å². The van der Waals surface area contributed by atoms with Crippen LogP contribution in [-0.4, -0.2) is 33.9 Å². The molecule has 2 heterocycles. The Bertz CT molecular complexity index is 1170. The van der Waals surface area contributed by atoms with E-state index in [1.165, 1.54) is 11.8 Å². The number of aryl methyl sites for hydroxylation is 1. The first kappa shape index (κ1) is 20.6. The molecule has 0 aliphatic rings. The number of carbonyl (C=O) groups is 1. The lowest BCUT2D eigenvalue weighted by molar-refractivity contribution is -0.113. The van der Waals surface area contributed by atoms with Gasteiger partial charge >= 0.3 is 0 Å². The molecular weight excluding hydrogens is 412 g/mol. The van der Waals surface area contributed by atoms with E-state index in [9.17, 15) is 4.79 Å². The molecule has 4 aromatic rings. The number of amides is 1. The second kappa shape index (κ2) is 9.44. The fourth-order valence-corrected chi connectivity index (χ4v) is 3.61. The lowest BCUT2D eigenvalue weighted by atomic mass is 10.1. The van der Waals surface area contributed by atoms with Crippen molar-refractivity contribution >= 4 is 23.4 Å². The number of nitrogens with one attached hydrogen (secondary N) is 1. The maximum Gasteiger partial charge on any atom is 0.260 e. The third-order valence-corrected chi connectivity index (χ3v) is 5.46. The molecule has 8 heteroatoms. The van der Waals surface area contributed by atoms with Crippen LogP contribution in [0.2, 0.25) is 0 Å². The summed E-state index contributed by atoms with van der Waals surface area (Å²) in [6.07, 6.45) is 1.67. The van der Waals surface area contributed by atoms with Gasteiger partial charge in [-0.2, -0.15) is 4.98 Å². The van der Waals surface area contributed by atoms with E-state index < -0.39 is 0 Å². The van der Waals surface area contributed by atoms with Gasteiger partial charge in [0.1, 0.15) is 10.8 Å². The average Bonchev–Trinajstić information content (AvgIpc) is 3.29. The highest BCUT2D eigenvalue weighted by molar-refractivity contribution is 8.00. The molecule has 7 nitrogen and oxygen atoms in total. The second-order valence-electron chi connectivity index (χ2n) is 6.71. The maximum absolute atomic E-state index is 12.4. The third-order valence-electron chi connectivity index (χ3n) is 4.45. The number of ether oxygens (including phenoxy) is 1. The van der Waals surface area contributed by atoms with Gasteiger partial charge in [-0.25, -0.2) is 4.98 Å². The topological polar surface area (TPSA) is 90.1 Å². The number of rotatable bonds is 7. The summed E-state index contributed by atoms with van der Waals surface area (Å²) in [6.45, 7) is 2.02. The smallest absolute Gasteiger partial charge is 0.260 e. The highest BCUT2D eigenvalue weighted by Crippen LogP contribution is 2.30. The minimum atomic E-state index is -0.141. The molecule has 156 valence electrons. The molecule has 2 aromatic carbocycles. The van der Waals surface area contributed by atoms with E-state index in [-0.39, 0.29) is 11.7 Å². The monoisotopic (exact) mass is 432 g/mol. The van der Waals surface area contributed by atoms with E-state index in [0.29, 0.717) is 28.0 Å². The maximum atomic E-state index is 12.4. The van der Waals surface area contributed by atoms with E-state index in [2.05, 4.69) is 20.4 Å². The largest absolute Gasteiger partial charge is 0.497 e. The molecule has 0 atom stereocenters. The molecule has 0 spiro atoms. The Balaban J connectivity index is 1.45. The van der Waals surface area contributed by atoms with Crippen molar-refractivity contribution in [2.24, 2.45) is 0 Å². The number of hydrogen-bond donors (Lipinski definition) is 1. The zero-order valence-electron chi connectivity index (χ0n) is 17.0. The van der Waals surface area contributed by atoms with Crippen LogP contribution in [0.3, 0.4) is 0 Å². The van der Waals surface area contributed by atoms with Crippen molar-refractivity contribution in [2.45, 2.75) is 11.9 Å². The van der Waals surface area contributed by atoms with Crippen molar-refractivity contribution in [1.29, 1.82) is 0 Å². The highest BCUT2D eigenvalue weighted by Gasteiger charge is 2.16. The fraction of sp³-hybridized carbons (Fsp3) is 0.130. The molecule has 0 unspecified atom stereocenters. The van der Waals surface area contributed by atoms with E-state index in [4.69, 9.17) is 9.26 Å². The minimum absolute atomic E-state index is 0.141. The normalized spacial score (nSPS) is 10.6. The fourth-order valence-electron chi connectivity index (χ4n) is 2.83. The van der Waals surface area contributed by atoms with Crippen LogP contribution in [0.4, 0.5) is 5.69 Å². The van der Waals surface area contributed by atoms with E-state index in [1.54, 1.807) is 43.6 Å². The predicted molar refractivity (Wildman–Crippen MR) is 120 cm³/mol. The molecule has 0 fully saturated rings. The molecule has 1 N–H and O–H groups in total. The van der Waals surface area contributed by atoms with Crippen molar-refractivity contribution in [2.75, 3.05) is 18.2 Å². The molecule has 0 saturated heterocycles. The van der Waals surface area contributed by atoms with Gasteiger partial charge in [0.05, 0.1) is 18.4 Å². The van der Waals surface area contributed by atoms with E-state index in [0.717, 1.165) is 16.9 Å². The van der Waals surface area contributed by atoms with Crippen molar-refractivity contribution in [3.8, 4) is 28.6 Å². The Morgan fingerprint density at radius 2 is 1.87 bits per heavy atom. The van der Waals surface area contributed by atoms with Gasteiger partial charge in [-0.05, 0) is 43.3 Å². The molecule has 31 heavy (non-hydrogen) atoms. The van der Waals surface area contributed by atoms with Gasteiger partial charge in [-0.3, -0.25) is 4.79 Å². The van der Waals surface area contributed by atoms with Crippen LogP contribution in [0.15, 0.2) is 76.4 Å². The molecule has 4 rings (SSSR count). The highest BCUT2D eigenvalue weighted by atomic mass is 32.2. The Kier molecular flexibility index (Phi) is 6.28. The number of anilines is 1. The Labute approximate surface area is 183 Å². The van der Waals surface area contributed by atoms with Crippen LogP contribution in [-0.2, 0) is 4.79 Å². The Morgan fingerprint density at radius 1 is 1.10 bits per heavy atom. The van der Waals surface area contributed by atoms with Crippen LogP contribution >= 0.6 is 11.8 Å². The predicted octanol–water partition coefficient (Wildman–Crippen LogP) is 4.85. The summed E-state index contributed by atoms with van der Waals surface area (Å²) in [7, 11) is 1.60. The average molecular weight is 433 g/mol. The van der Waals surface area contributed by atoms with Gasteiger partial charge in [0, 0.05) is 17.4 Å². The third kappa shape index (κ3) is 5.10. The molecule has 0 aliphatic carbocycles. The molecular formula is C23H20N4O3S. The number of methoxy groups -OCH3 is 1. The Morgan fingerprint density at radius 3 is 2.61 bits per heavy atom. The molecule has 0 aliphatic heterocycles. The summed E-state index contributed by atoms with van der Waals surface area (Å²) >= 11 is 1.31. The number of nitrogens with zero attached hydrogens (tertiary/aromatic N) is 3. The minimum Gasteiger partial charge on any atom is -0.497 e. The molecule has 0 radical (unpaired) electrons. The number of pyridine rings is 1. The van der Waals surface area contributed by atoms with E-state index in [1.807, 2.05) is 37.3 Å². The summed E-state index contributed by atoms with van der Waals surface area (Å²) in [5, 5.41) is 7.59. The zero-order valence-corrected chi connectivity index (χ0v) is 17.8. The van der Waals surface area contributed by atoms with Crippen LogP contribution in [0, 0.1) is 6.92 Å². The quantitative estimate of drug-likeness (QED) is 0.418. The van der Waals surface area contributed by atoms with Gasteiger partial charge in [0.25, 0.3) is 5.89 Å². The first-order chi connectivity index (χ1) is 15.1. The number of thioether (sulfide) groups is 1. The number of benzene rings is 2. The van der Waals surface area contributed by atoms with E-state index >= 15 is 0 Å². The summed E-state index contributed by atoms with van der Waals surface area (Å²) in [4.78, 5) is 21.3. The summed E-state index contributed by atoms with van der Waals surface area (Å²) in [5.74, 6) is 1.65. The van der Waals surface area contributed by atoms with Crippen molar-refractivity contribution in [3.63, 3.8) is 0 Å². The Hall–Kier alpha value is -3.65. The second-order valence-corrected chi connectivity index (χ2v) is 7.67. The lowest BCUT2D eigenvalue weighted by Crippen LogP contribution is -2.14. The van der Waals surface area contributed by atoms with Gasteiger partial charge in [-0.15, -0.1) is 0 Å². The zero-order chi connectivity index (χ0) is 21.6. The first-order valence-electron chi connectivity index (χ1n) is 9.55. The van der Waals surface area contributed by atoms with Crippen LogP contribution in [0.5, 0.6) is 5.75 Å². The molecule has 0 bridgehead atoms. The SMILES string of the molecule is COc1ccc(NC(=O)CSc2ncccc2-c2nc(-c3ccc(C)cc3)no2)cc1. The number of aromatic nitrogens is 3. The standard InChI is InChI=1S/C23H20N4O3S/c1-15-5-7-16(8-6-15)21-26-22(30-27-21)19-4-3-13-24-23(19)31-14-20(28)25-17-9-11-18(29-2)12-10-17/h3-13H,14H2,1-2H3,(H,25,28). The lowest BCUT2D eigenvalue weighted by Gasteiger charge is -2.07. The van der Waals surface area contributed by atoms with Crippen LogP contribution < -0.4 is 10.1 Å². The van der Waals surface area contributed by atoms with Crippen LogP contribution in [0.1, 0.15) is 5.56 Å². The molecule has 1 amide bonds. The number of hydrogen-bond acceptors (Lipinski definition) is 7. The van der Waals surface area contributed by atoms with Gasteiger partial charge in [0.15, 0.2) is 0 Å². The summed E-state index contributed by atoms with van der Waals surface area (Å²) in [5.41, 5.74) is 3.42. The van der Waals surface area contributed by atoms with Crippen molar-refractivity contribution < 1.29 is 14.1 Å². The first-order valence-corrected chi connectivity index (χ1v) is 10.5. The molecule has 2 aromatic heterocycles. The number of carbonyl (C=O) groups excluding carboxylic acids is 1.